The molecule has 0 aromatic rings. The Bertz CT molecular complexity index is 261. The summed E-state index contributed by atoms with van der Waals surface area (Å²) in [7, 11) is 0. The molecular formula is C11H20N2O2. The lowest BCUT2D eigenvalue weighted by atomic mass is 9.99. The van der Waals surface area contributed by atoms with Crippen molar-refractivity contribution in [2.75, 3.05) is 13.2 Å². The molecular weight excluding hydrogens is 192 g/mol. The molecule has 0 spiro atoms. The summed E-state index contributed by atoms with van der Waals surface area (Å²) in [5.74, 6) is 0. The fourth-order valence-electron chi connectivity index (χ4n) is 1.81. The molecule has 1 N–H and O–H groups in total. The molecule has 1 atom stereocenters. The standard InChI is InChI=1S/C11H20N2O2/c1-5-15-8-10(14)7-13-11(3,4)6-9(2)12-13/h5,10,14H,1,6-8H2,2-4H3. The van der Waals surface area contributed by atoms with Gasteiger partial charge in [-0.05, 0) is 20.8 Å². The molecule has 1 aliphatic rings. The van der Waals surface area contributed by atoms with E-state index in [0.29, 0.717) is 6.54 Å². The Kier molecular flexibility index (Phi) is 3.74. The van der Waals surface area contributed by atoms with Gasteiger partial charge in [-0.1, -0.05) is 6.58 Å². The van der Waals surface area contributed by atoms with Gasteiger partial charge in [-0.15, -0.1) is 0 Å². The largest absolute Gasteiger partial charge is 0.499 e. The van der Waals surface area contributed by atoms with E-state index in [1.54, 1.807) is 0 Å². The molecule has 0 fully saturated rings. The number of hydrogen-bond donors (Lipinski definition) is 1. The van der Waals surface area contributed by atoms with Gasteiger partial charge >= 0.3 is 0 Å². The normalized spacial score (nSPS) is 21.1. The number of ether oxygens (including phenoxy) is 1. The van der Waals surface area contributed by atoms with Gasteiger partial charge in [0, 0.05) is 12.1 Å². The molecule has 4 nitrogen and oxygen atoms in total. The molecule has 1 aliphatic heterocycles. The van der Waals surface area contributed by atoms with Gasteiger partial charge in [0.1, 0.15) is 12.7 Å². The van der Waals surface area contributed by atoms with Crippen molar-refractivity contribution in [3.05, 3.63) is 12.8 Å². The van der Waals surface area contributed by atoms with Gasteiger partial charge < -0.3 is 9.84 Å². The molecule has 0 saturated carbocycles. The van der Waals surface area contributed by atoms with Gasteiger partial charge in [-0.25, -0.2) is 0 Å². The minimum absolute atomic E-state index is 0.000752. The summed E-state index contributed by atoms with van der Waals surface area (Å²) in [5, 5.41) is 16.0. The first kappa shape index (κ1) is 12.0. The van der Waals surface area contributed by atoms with Crippen LogP contribution in [0.5, 0.6) is 0 Å². The van der Waals surface area contributed by atoms with Crippen LogP contribution in [0.3, 0.4) is 0 Å². The second kappa shape index (κ2) is 4.66. The highest BCUT2D eigenvalue weighted by atomic mass is 16.5. The number of aliphatic hydroxyl groups excluding tert-OH is 1. The van der Waals surface area contributed by atoms with Crippen LogP contribution in [0, 0.1) is 0 Å². The van der Waals surface area contributed by atoms with Crippen molar-refractivity contribution < 1.29 is 9.84 Å². The molecule has 1 heterocycles. The van der Waals surface area contributed by atoms with E-state index >= 15 is 0 Å². The molecule has 0 aromatic carbocycles. The van der Waals surface area contributed by atoms with Crippen molar-refractivity contribution in [1.82, 2.24) is 5.01 Å². The molecule has 86 valence electrons. The van der Waals surface area contributed by atoms with Gasteiger partial charge in [-0.2, -0.15) is 5.10 Å². The summed E-state index contributed by atoms with van der Waals surface area (Å²) in [4.78, 5) is 0. The van der Waals surface area contributed by atoms with E-state index in [2.05, 4.69) is 25.5 Å². The molecule has 0 radical (unpaired) electrons. The minimum atomic E-state index is -0.531. The third-order valence-corrected chi connectivity index (χ3v) is 2.47. The summed E-state index contributed by atoms with van der Waals surface area (Å²) >= 11 is 0. The molecule has 0 aliphatic carbocycles. The second-order valence-electron chi connectivity index (χ2n) is 4.56. The lowest BCUT2D eigenvalue weighted by Gasteiger charge is -2.32. The Labute approximate surface area is 91.2 Å². The second-order valence-corrected chi connectivity index (χ2v) is 4.56. The van der Waals surface area contributed by atoms with Crippen LogP contribution in [0.25, 0.3) is 0 Å². The van der Waals surface area contributed by atoms with Gasteiger partial charge in [0.15, 0.2) is 0 Å². The predicted molar refractivity (Wildman–Crippen MR) is 60.7 cm³/mol. The first-order valence-electron chi connectivity index (χ1n) is 5.18. The Hall–Kier alpha value is -1.03. The van der Waals surface area contributed by atoms with E-state index in [9.17, 15) is 5.11 Å². The number of nitrogens with zero attached hydrogens (tertiary/aromatic N) is 2. The zero-order valence-corrected chi connectivity index (χ0v) is 9.73. The third-order valence-electron chi connectivity index (χ3n) is 2.47. The van der Waals surface area contributed by atoms with Crippen molar-refractivity contribution in [2.45, 2.75) is 38.8 Å². The minimum Gasteiger partial charge on any atom is -0.499 e. The number of hydrazone groups is 1. The van der Waals surface area contributed by atoms with Crippen molar-refractivity contribution in [3.63, 3.8) is 0 Å². The Morgan fingerprint density at radius 1 is 1.73 bits per heavy atom. The Morgan fingerprint density at radius 2 is 2.40 bits per heavy atom. The van der Waals surface area contributed by atoms with Crippen molar-refractivity contribution in [2.24, 2.45) is 5.10 Å². The van der Waals surface area contributed by atoms with Crippen molar-refractivity contribution >= 4 is 5.71 Å². The number of rotatable bonds is 5. The first-order valence-corrected chi connectivity index (χ1v) is 5.18. The molecule has 4 heteroatoms. The van der Waals surface area contributed by atoms with Gasteiger partial charge in [0.05, 0.1) is 18.3 Å². The maximum atomic E-state index is 9.68. The Morgan fingerprint density at radius 3 is 2.87 bits per heavy atom. The van der Waals surface area contributed by atoms with Crippen molar-refractivity contribution in [3.8, 4) is 0 Å². The molecule has 0 bridgehead atoms. The smallest absolute Gasteiger partial charge is 0.115 e. The van der Waals surface area contributed by atoms with Gasteiger partial charge in [0.2, 0.25) is 0 Å². The molecule has 0 amide bonds. The van der Waals surface area contributed by atoms with E-state index in [4.69, 9.17) is 4.74 Å². The fraction of sp³-hybridized carbons (Fsp3) is 0.727. The lowest BCUT2D eigenvalue weighted by molar-refractivity contribution is 0.0274. The third kappa shape index (κ3) is 3.23. The van der Waals surface area contributed by atoms with E-state index < -0.39 is 6.10 Å². The predicted octanol–water partition coefficient (Wildman–Crippen LogP) is 1.37. The number of aliphatic hydroxyl groups is 1. The van der Waals surface area contributed by atoms with Crippen LogP contribution >= 0.6 is 0 Å². The average molecular weight is 212 g/mol. The summed E-state index contributed by atoms with van der Waals surface area (Å²) in [6.45, 7) is 10.4. The fourth-order valence-corrected chi connectivity index (χ4v) is 1.81. The summed E-state index contributed by atoms with van der Waals surface area (Å²) in [6.07, 6.45) is 1.76. The molecule has 1 unspecified atom stereocenters. The van der Waals surface area contributed by atoms with E-state index in [0.717, 1.165) is 12.1 Å². The average Bonchev–Trinajstić information content (AvgIpc) is 2.36. The summed E-state index contributed by atoms with van der Waals surface area (Å²) in [5.41, 5.74) is 1.11. The van der Waals surface area contributed by atoms with Crippen LogP contribution in [-0.2, 0) is 4.74 Å². The summed E-state index contributed by atoms with van der Waals surface area (Å²) < 4.78 is 4.94. The molecule has 15 heavy (non-hydrogen) atoms. The SMILES string of the molecule is C=COCC(O)CN1N=C(C)CC1(C)C. The zero-order valence-electron chi connectivity index (χ0n) is 9.73. The molecule has 0 aromatic heterocycles. The quantitative estimate of drug-likeness (QED) is 0.700. The van der Waals surface area contributed by atoms with Crippen LogP contribution in [0.2, 0.25) is 0 Å². The maximum Gasteiger partial charge on any atom is 0.115 e. The molecule has 1 rings (SSSR count). The van der Waals surface area contributed by atoms with Crippen LogP contribution in [0.1, 0.15) is 27.2 Å². The number of β-amino-alcohol motifs (C(OH)–C–C–N with tert-alkyl or cyclic N) is 1. The van der Waals surface area contributed by atoms with Crippen molar-refractivity contribution in [1.29, 1.82) is 0 Å². The lowest BCUT2D eigenvalue weighted by Crippen LogP contribution is -2.42. The van der Waals surface area contributed by atoms with Crippen LogP contribution < -0.4 is 0 Å². The van der Waals surface area contributed by atoms with E-state index in [1.807, 2.05) is 11.9 Å². The number of hydrogen-bond acceptors (Lipinski definition) is 4. The highest BCUT2D eigenvalue weighted by molar-refractivity contribution is 5.84. The van der Waals surface area contributed by atoms with E-state index in [1.165, 1.54) is 6.26 Å². The first-order chi connectivity index (χ1) is 6.95. The highest BCUT2D eigenvalue weighted by Crippen LogP contribution is 2.26. The zero-order chi connectivity index (χ0) is 11.5. The maximum absolute atomic E-state index is 9.68. The van der Waals surface area contributed by atoms with Crippen LogP contribution in [0.4, 0.5) is 0 Å². The topological polar surface area (TPSA) is 45.1 Å². The van der Waals surface area contributed by atoms with Crippen LogP contribution in [0.15, 0.2) is 17.9 Å². The summed E-state index contributed by atoms with van der Waals surface area (Å²) in [6, 6.07) is 0. The van der Waals surface area contributed by atoms with E-state index in [-0.39, 0.29) is 12.1 Å². The highest BCUT2D eigenvalue weighted by Gasteiger charge is 2.33. The van der Waals surface area contributed by atoms with Gasteiger partial charge in [0.25, 0.3) is 0 Å². The monoisotopic (exact) mass is 212 g/mol. The molecule has 0 saturated heterocycles. The van der Waals surface area contributed by atoms with Crippen LogP contribution in [-0.4, -0.2) is 40.6 Å². The Balaban J connectivity index is 2.46. The van der Waals surface area contributed by atoms with Gasteiger partial charge in [-0.3, -0.25) is 5.01 Å².